The molecule has 2 heterocycles. The first kappa shape index (κ1) is 15.3. The molecule has 1 N–H and O–H groups in total. The lowest BCUT2D eigenvalue weighted by molar-refractivity contribution is 0.282. The summed E-state index contributed by atoms with van der Waals surface area (Å²) in [4.78, 5) is 4.51. The molecule has 5 nitrogen and oxygen atoms in total. The first-order valence-electron chi connectivity index (χ1n) is 7.57. The monoisotopic (exact) mass is 321 g/mol. The third-order valence-electron chi connectivity index (χ3n) is 4.68. The van der Waals surface area contributed by atoms with Gasteiger partial charge >= 0.3 is 0 Å². The molecule has 0 amide bonds. The lowest BCUT2D eigenvalue weighted by Crippen LogP contribution is -2.29. The van der Waals surface area contributed by atoms with Crippen molar-refractivity contribution in [2.45, 2.75) is 31.8 Å². The molecule has 22 heavy (non-hydrogen) atoms. The molecule has 2 aromatic rings. The Bertz CT molecular complexity index is 611. The first-order chi connectivity index (χ1) is 10.4. The fourth-order valence-electron chi connectivity index (χ4n) is 3.31. The standard InChI is InChI=1S/C16H19N3O2.ClH/c1-2-4-12(5-3-1)20-11-14-18-15(21-19-14)13-10-16(13)6-8-17-9-7-16;/h1-5,13,17H,6-11H2;1H. The number of rotatable bonds is 4. The average molecular weight is 322 g/mol. The number of hydrogen-bond donors (Lipinski definition) is 1. The van der Waals surface area contributed by atoms with Gasteiger partial charge in [0, 0.05) is 5.92 Å². The molecule has 1 aliphatic heterocycles. The van der Waals surface area contributed by atoms with Gasteiger partial charge in [-0.05, 0) is 49.9 Å². The maximum atomic E-state index is 5.65. The van der Waals surface area contributed by atoms with Gasteiger partial charge in [-0.2, -0.15) is 4.98 Å². The van der Waals surface area contributed by atoms with Gasteiger partial charge in [0.05, 0.1) is 0 Å². The second-order valence-electron chi connectivity index (χ2n) is 6.02. The maximum absolute atomic E-state index is 5.65. The normalized spacial score (nSPS) is 22.1. The molecule has 1 saturated carbocycles. The predicted molar refractivity (Wildman–Crippen MR) is 84.2 cm³/mol. The smallest absolute Gasteiger partial charge is 0.230 e. The van der Waals surface area contributed by atoms with Gasteiger partial charge < -0.3 is 14.6 Å². The van der Waals surface area contributed by atoms with E-state index in [9.17, 15) is 0 Å². The summed E-state index contributed by atoms with van der Waals surface area (Å²) in [6.45, 7) is 2.57. The Labute approximate surface area is 135 Å². The molecule has 0 radical (unpaired) electrons. The second-order valence-corrected chi connectivity index (χ2v) is 6.02. The van der Waals surface area contributed by atoms with Gasteiger partial charge in [0.1, 0.15) is 5.75 Å². The van der Waals surface area contributed by atoms with Crippen LogP contribution < -0.4 is 10.1 Å². The molecule has 1 spiro atoms. The van der Waals surface area contributed by atoms with Crippen LogP contribution in [0.2, 0.25) is 0 Å². The number of para-hydroxylation sites is 1. The Kier molecular flexibility index (Phi) is 4.36. The zero-order chi connectivity index (χ0) is 14.1. The van der Waals surface area contributed by atoms with E-state index in [1.807, 2.05) is 30.3 Å². The Morgan fingerprint density at radius 2 is 2.00 bits per heavy atom. The third kappa shape index (κ3) is 2.96. The Morgan fingerprint density at radius 3 is 2.77 bits per heavy atom. The number of aromatic nitrogens is 2. The van der Waals surface area contributed by atoms with Gasteiger partial charge in [-0.25, -0.2) is 0 Å². The van der Waals surface area contributed by atoms with Gasteiger partial charge in [0.25, 0.3) is 0 Å². The van der Waals surface area contributed by atoms with Crippen LogP contribution in [0, 0.1) is 5.41 Å². The van der Waals surface area contributed by atoms with E-state index in [1.54, 1.807) is 0 Å². The summed E-state index contributed by atoms with van der Waals surface area (Å²) in [6, 6.07) is 9.70. The zero-order valence-electron chi connectivity index (χ0n) is 12.3. The van der Waals surface area contributed by atoms with Crippen molar-refractivity contribution in [1.29, 1.82) is 0 Å². The average Bonchev–Trinajstić information content (AvgIpc) is 3.02. The lowest BCUT2D eigenvalue weighted by atomic mass is 9.92. The van der Waals surface area contributed by atoms with Crippen molar-refractivity contribution in [3.05, 3.63) is 42.0 Å². The Balaban J connectivity index is 0.00000144. The van der Waals surface area contributed by atoms with Crippen LogP contribution in [-0.2, 0) is 6.61 Å². The quantitative estimate of drug-likeness (QED) is 0.938. The van der Waals surface area contributed by atoms with Crippen LogP contribution in [0.1, 0.15) is 36.9 Å². The fraction of sp³-hybridized carbons (Fsp3) is 0.500. The molecule has 2 aliphatic rings. The van der Waals surface area contributed by atoms with Gasteiger partial charge in [-0.3, -0.25) is 0 Å². The van der Waals surface area contributed by atoms with Crippen LogP contribution in [0.15, 0.2) is 34.9 Å². The number of hydrogen-bond acceptors (Lipinski definition) is 5. The number of ether oxygens (including phenoxy) is 1. The predicted octanol–water partition coefficient (Wildman–Crippen LogP) is 2.93. The molecule has 118 valence electrons. The lowest BCUT2D eigenvalue weighted by Gasteiger charge is -2.22. The molecule has 6 heteroatoms. The molecule has 1 aromatic carbocycles. The number of nitrogens with one attached hydrogen (secondary N) is 1. The van der Waals surface area contributed by atoms with Crippen molar-refractivity contribution in [3.63, 3.8) is 0 Å². The maximum Gasteiger partial charge on any atom is 0.230 e. The van der Waals surface area contributed by atoms with E-state index in [0.29, 0.717) is 23.8 Å². The highest BCUT2D eigenvalue weighted by atomic mass is 35.5. The van der Waals surface area contributed by atoms with E-state index >= 15 is 0 Å². The van der Waals surface area contributed by atoms with Crippen molar-refractivity contribution in [3.8, 4) is 5.75 Å². The van der Waals surface area contributed by atoms with Crippen molar-refractivity contribution < 1.29 is 9.26 Å². The molecule has 4 rings (SSSR count). The zero-order valence-corrected chi connectivity index (χ0v) is 13.1. The highest BCUT2D eigenvalue weighted by Gasteiger charge is 2.57. The Morgan fingerprint density at radius 1 is 1.23 bits per heavy atom. The van der Waals surface area contributed by atoms with E-state index in [0.717, 1.165) is 24.7 Å². The number of nitrogens with zero attached hydrogens (tertiary/aromatic N) is 2. The highest BCUT2D eigenvalue weighted by Crippen LogP contribution is 2.63. The molecule has 1 saturated heterocycles. The minimum Gasteiger partial charge on any atom is -0.485 e. The summed E-state index contributed by atoms with van der Waals surface area (Å²) < 4.78 is 11.1. The highest BCUT2D eigenvalue weighted by molar-refractivity contribution is 5.85. The molecule has 2 fully saturated rings. The molecule has 1 aromatic heterocycles. The molecular weight excluding hydrogens is 302 g/mol. The van der Waals surface area contributed by atoms with E-state index in [1.165, 1.54) is 19.3 Å². The van der Waals surface area contributed by atoms with Crippen LogP contribution >= 0.6 is 12.4 Å². The molecule has 1 unspecified atom stereocenters. The third-order valence-corrected chi connectivity index (χ3v) is 4.68. The first-order valence-corrected chi connectivity index (χ1v) is 7.57. The van der Waals surface area contributed by atoms with Gasteiger partial charge in [0.15, 0.2) is 6.61 Å². The SMILES string of the molecule is Cl.c1ccc(OCc2noc(C3CC34CCNCC4)n2)cc1. The second kappa shape index (κ2) is 6.26. The number of benzene rings is 1. The summed E-state index contributed by atoms with van der Waals surface area (Å²) in [5, 5.41) is 7.45. The van der Waals surface area contributed by atoms with E-state index in [4.69, 9.17) is 9.26 Å². The Hall–Kier alpha value is -1.59. The van der Waals surface area contributed by atoms with Crippen LogP contribution in [0.3, 0.4) is 0 Å². The van der Waals surface area contributed by atoms with Crippen LogP contribution in [0.5, 0.6) is 5.75 Å². The van der Waals surface area contributed by atoms with E-state index in [2.05, 4.69) is 15.5 Å². The minimum atomic E-state index is 0. The van der Waals surface area contributed by atoms with E-state index in [-0.39, 0.29) is 12.4 Å². The van der Waals surface area contributed by atoms with Crippen LogP contribution in [0.4, 0.5) is 0 Å². The van der Waals surface area contributed by atoms with Crippen LogP contribution in [0.25, 0.3) is 0 Å². The van der Waals surface area contributed by atoms with Crippen molar-refractivity contribution in [2.75, 3.05) is 13.1 Å². The summed E-state index contributed by atoms with van der Waals surface area (Å²) >= 11 is 0. The van der Waals surface area contributed by atoms with Crippen molar-refractivity contribution in [2.24, 2.45) is 5.41 Å². The molecular formula is C16H20ClN3O2. The summed E-state index contributed by atoms with van der Waals surface area (Å²) in [7, 11) is 0. The van der Waals surface area contributed by atoms with Crippen LogP contribution in [-0.4, -0.2) is 23.2 Å². The van der Waals surface area contributed by atoms with Gasteiger partial charge in [-0.1, -0.05) is 23.4 Å². The topological polar surface area (TPSA) is 60.2 Å². The largest absolute Gasteiger partial charge is 0.485 e. The van der Waals surface area contributed by atoms with Crippen molar-refractivity contribution >= 4 is 12.4 Å². The number of piperidine rings is 1. The summed E-state index contributed by atoms with van der Waals surface area (Å²) in [5.41, 5.74) is 0.426. The molecule has 1 aliphatic carbocycles. The fourth-order valence-corrected chi connectivity index (χ4v) is 3.31. The molecule has 0 bridgehead atoms. The van der Waals surface area contributed by atoms with Gasteiger partial charge in [-0.15, -0.1) is 12.4 Å². The summed E-state index contributed by atoms with van der Waals surface area (Å²) in [6.07, 6.45) is 3.63. The van der Waals surface area contributed by atoms with Crippen molar-refractivity contribution in [1.82, 2.24) is 15.5 Å². The number of halogens is 1. The van der Waals surface area contributed by atoms with E-state index < -0.39 is 0 Å². The van der Waals surface area contributed by atoms with Gasteiger partial charge in [0.2, 0.25) is 11.7 Å². The molecule has 1 atom stereocenters. The summed E-state index contributed by atoms with van der Waals surface area (Å²) in [5.74, 6) is 2.70. The minimum absolute atomic E-state index is 0.